The normalized spacial score (nSPS) is 24.1. The number of nitrogens with one attached hydrogen (secondary N) is 1. The number of carboxylic acid groups (broad SMARTS) is 1. The average Bonchev–Trinajstić information content (AvgIpc) is 2.47. The van der Waals surface area contributed by atoms with E-state index in [1.807, 2.05) is 6.08 Å². The molecule has 1 saturated carbocycles. The Balaban J connectivity index is 1.69. The molecule has 2 heterocycles. The predicted molar refractivity (Wildman–Crippen MR) is 76.2 cm³/mol. The molecule has 0 unspecified atom stereocenters. The summed E-state index contributed by atoms with van der Waals surface area (Å²) in [6, 6.07) is 1.33. The van der Waals surface area contributed by atoms with E-state index in [9.17, 15) is 9.18 Å². The second kappa shape index (κ2) is 6.31. The van der Waals surface area contributed by atoms with Crippen LogP contribution in [0.3, 0.4) is 0 Å². The van der Waals surface area contributed by atoms with Gasteiger partial charge in [-0.15, -0.1) is 0 Å². The van der Waals surface area contributed by atoms with Gasteiger partial charge >= 0.3 is 6.09 Å². The fourth-order valence-corrected chi connectivity index (χ4v) is 2.63. The smallest absolute Gasteiger partial charge is 0.404 e. The average molecular weight is 308 g/mol. The molecule has 1 aliphatic heterocycles. The molecular weight excluding hydrogens is 291 g/mol. The lowest BCUT2D eigenvalue weighted by Crippen LogP contribution is -2.48. The van der Waals surface area contributed by atoms with Crippen molar-refractivity contribution >= 4 is 11.7 Å². The van der Waals surface area contributed by atoms with Gasteiger partial charge in [0, 0.05) is 24.4 Å². The number of aromatic nitrogens is 1. The Morgan fingerprint density at radius 3 is 3.00 bits per heavy atom. The van der Waals surface area contributed by atoms with Crippen molar-refractivity contribution in [3.8, 4) is 5.88 Å². The van der Waals surface area contributed by atoms with Crippen LogP contribution in [0.4, 0.5) is 9.18 Å². The summed E-state index contributed by atoms with van der Waals surface area (Å²) in [4.78, 5) is 14.6. The molecule has 0 radical (unpaired) electrons. The number of hydrogen-bond donors (Lipinski definition) is 2. The molecule has 1 aliphatic carbocycles. The fourth-order valence-electron chi connectivity index (χ4n) is 2.63. The van der Waals surface area contributed by atoms with Crippen LogP contribution in [0.1, 0.15) is 24.8 Å². The number of rotatable bonds is 4. The van der Waals surface area contributed by atoms with Gasteiger partial charge in [0.2, 0.25) is 5.88 Å². The van der Waals surface area contributed by atoms with Gasteiger partial charge in [0.05, 0.1) is 19.4 Å². The molecule has 0 aromatic carbocycles. The Morgan fingerprint density at radius 1 is 1.50 bits per heavy atom. The number of halogens is 1. The van der Waals surface area contributed by atoms with Crippen LogP contribution in [0.2, 0.25) is 0 Å². The van der Waals surface area contributed by atoms with E-state index in [1.165, 1.54) is 6.07 Å². The highest BCUT2D eigenvalue weighted by Gasteiger charge is 2.33. The van der Waals surface area contributed by atoms with Crippen LogP contribution in [0.15, 0.2) is 18.3 Å². The zero-order valence-corrected chi connectivity index (χ0v) is 11.9. The van der Waals surface area contributed by atoms with Gasteiger partial charge in [-0.3, -0.25) is 0 Å². The second-order valence-corrected chi connectivity index (χ2v) is 5.42. The number of carbonyl (C=O) groups is 1. The van der Waals surface area contributed by atoms with Crippen molar-refractivity contribution in [1.82, 2.24) is 10.3 Å². The summed E-state index contributed by atoms with van der Waals surface area (Å²) in [7, 11) is 0. The summed E-state index contributed by atoms with van der Waals surface area (Å²) in [6.45, 7) is 1.09. The van der Waals surface area contributed by atoms with Crippen LogP contribution in [0.5, 0.6) is 5.88 Å². The Bertz CT molecular complexity index is 599. The van der Waals surface area contributed by atoms with E-state index in [2.05, 4.69) is 10.3 Å². The van der Waals surface area contributed by atoms with Crippen LogP contribution in [0, 0.1) is 5.82 Å². The largest absolute Gasteiger partial charge is 0.474 e. The first-order chi connectivity index (χ1) is 10.6. The lowest BCUT2D eigenvalue weighted by molar-refractivity contribution is 0.0787. The third-order valence-corrected chi connectivity index (χ3v) is 3.83. The highest BCUT2D eigenvalue weighted by Crippen LogP contribution is 2.32. The van der Waals surface area contributed by atoms with Gasteiger partial charge < -0.3 is 19.9 Å². The molecule has 1 aromatic heterocycles. The van der Waals surface area contributed by atoms with Crippen LogP contribution >= 0.6 is 0 Å². The monoisotopic (exact) mass is 308 g/mol. The zero-order chi connectivity index (χ0) is 15.5. The second-order valence-electron chi connectivity index (χ2n) is 5.42. The lowest BCUT2D eigenvalue weighted by Gasteiger charge is -2.35. The summed E-state index contributed by atoms with van der Waals surface area (Å²) < 4.78 is 24.6. The zero-order valence-electron chi connectivity index (χ0n) is 11.9. The minimum atomic E-state index is -1.03. The van der Waals surface area contributed by atoms with E-state index in [0.29, 0.717) is 43.9 Å². The van der Waals surface area contributed by atoms with Gasteiger partial charge in [0.1, 0.15) is 11.9 Å². The van der Waals surface area contributed by atoms with Crippen molar-refractivity contribution in [2.45, 2.75) is 31.4 Å². The summed E-state index contributed by atoms with van der Waals surface area (Å²) in [5, 5.41) is 11.1. The Morgan fingerprint density at radius 2 is 2.32 bits per heavy atom. The van der Waals surface area contributed by atoms with E-state index in [4.69, 9.17) is 14.6 Å². The highest BCUT2D eigenvalue weighted by atomic mass is 19.1. The molecule has 2 N–H and O–H groups in total. The van der Waals surface area contributed by atoms with E-state index in [1.54, 1.807) is 0 Å². The van der Waals surface area contributed by atoms with Crippen LogP contribution in [-0.4, -0.2) is 41.5 Å². The Kier molecular flexibility index (Phi) is 4.24. The van der Waals surface area contributed by atoms with E-state index < -0.39 is 11.9 Å². The summed E-state index contributed by atoms with van der Waals surface area (Å²) >= 11 is 0. The maximum atomic E-state index is 13.5. The number of hydrogen-bond acceptors (Lipinski definition) is 4. The fraction of sp³-hybridized carbons (Fsp3) is 0.467. The van der Waals surface area contributed by atoms with Gasteiger partial charge in [-0.25, -0.2) is 14.2 Å². The number of amides is 1. The van der Waals surface area contributed by atoms with Crippen molar-refractivity contribution in [2.24, 2.45) is 0 Å². The van der Waals surface area contributed by atoms with Crippen molar-refractivity contribution in [1.29, 1.82) is 0 Å². The SMILES string of the molecule is O=C(O)NC1CC(Oc2ncc(F)cc2C2=CCOCC2)C1. The molecule has 3 rings (SSSR count). The number of pyridine rings is 1. The molecule has 6 nitrogen and oxygen atoms in total. The summed E-state index contributed by atoms with van der Waals surface area (Å²) in [6.07, 6.45) is 3.77. The molecular formula is C15H17FN2O4. The van der Waals surface area contributed by atoms with E-state index in [0.717, 1.165) is 11.8 Å². The molecule has 1 amide bonds. The van der Waals surface area contributed by atoms with Crippen molar-refractivity contribution in [3.63, 3.8) is 0 Å². The minimum Gasteiger partial charge on any atom is -0.474 e. The predicted octanol–water partition coefficient (Wildman–Crippen LogP) is 2.20. The van der Waals surface area contributed by atoms with Gasteiger partial charge in [-0.2, -0.15) is 0 Å². The Hall–Kier alpha value is -2.15. The van der Waals surface area contributed by atoms with Crippen LogP contribution in [0.25, 0.3) is 5.57 Å². The van der Waals surface area contributed by atoms with Gasteiger partial charge in [-0.05, 0) is 18.1 Å². The van der Waals surface area contributed by atoms with Crippen molar-refractivity contribution in [3.05, 3.63) is 29.7 Å². The molecule has 0 saturated heterocycles. The topological polar surface area (TPSA) is 80.7 Å². The molecule has 0 bridgehead atoms. The van der Waals surface area contributed by atoms with Gasteiger partial charge in [-0.1, -0.05) is 6.08 Å². The lowest BCUT2D eigenvalue weighted by atomic mass is 9.89. The van der Waals surface area contributed by atoms with Crippen LogP contribution in [-0.2, 0) is 4.74 Å². The summed E-state index contributed by atoms with van der Waals surface area (Å²) in [5.41, 5.74) is 1.62. The van der Waals surface area contributed by atoms with E-state index in [-0.39, 0.29) is 12.1 Å². The molecule has 1 aromatic rings. The molecule has 22 heavy (non-hydrogen) atoms. The molecule has 118 valence electrons. The Labute approximate surface area is 126 Å². The molecule has 0 atom stereocenters. The molecule has 2 aliphatic rings. The maximum Gasteiger partial charge on any atom is 0.404 e. The van der Waals surface area contributed by atoms with Gasteiger partial charge in [0.15, 0.2) is 0 Å². The summed E-state index contributed by atoms with van der Waals surface area (Å²) in [5.74, 6) is -0.0119. The molecule has 0 spiro atoms. The first kappa shape index (κ1) is 14.8. The van der Waals surface area contributed by atoms with Crippen molar-refractivity contribution in [2.75, 3.05) is 13.2 Å². The highest BCUT2D eigenvalue weighted by molar-refractivity contribution is 5.70. The number of nitrogens with zero attached hydrogens (tertiary/aromatic N) is 1. The minimum absolute atomic E-state index is 0.0892. The standard InChI is InChI=1S/C15H17FN2O4/c16-10-5-13(9-1-3-21-4-2-9)14(17-8-10)22-12-6-11(7-12)18-15(19)20/h1,5,8,11-12,18H,2-4,6-7H2,(H,19,20). The third-order valence-electron chi connectivity index (χ3n) is 3.83. The van der Waals surface area contributed by atoms with Gasteiger partial charge in [0.25, 0.3) is 0 Å². The number of ether oxygens (including phenoxy) is 2. The van der Waals surface area contributed by atoms with Crippen molar-refractivity contribution < 1.29 is 23.8 Å². The maximum absolute atomic E-state index is 13.5. The third kappa shape index (κ3) is 3.36. The van der Waals surface area contributed by atoms with E-state index >= 15 is 0 Å². The first-order valence-corrected chi connectivity index (χ1v) is 7.20. The quantitative estimate of drug-likeness (QED) is 0.891. The molecule has 1 fully saturated rings. The van der Waals surface area contributed by atoms with Crippen LogP contribution < -0.4 is 10.1 Å². The molecule has 7 heteroatoms. The first-order valence-electron chi connectivity index (χ1n) is 7.20.